The third kappa shape index (κ3) is 4.50. The molecule has 0 saturated heterocycles. The molecular weight excluding hydrogens is 394 g/mol. The Morgan fingerprint density at radius 3 is 2.62 bits per heavy atom. The molecule has 8 nitrogen and oxygen atoms in total. The van der Waals surface area contributed by atoms with Gasteiger partial charge in [0.2, 0.25) is 0 Å². The molecule has 0 aromatic carbocycles. The van der Waals surface area contributed by atoms with Crippen molar-refractivity contribution in [2.45, 2.75) is 63.7 Å². The van der Waals surface area contributed by atoms with Crippen molar-refractivity contribution in [1.82, 2.24) is 10.1 Å². The summed E-state index contributed by atoms with van der Waals surface area (Å²) in [6.07, 6.45) is 9.98. The van der Waals surface area contributed by atoms with Gasteiger partial charge in [-0.3, -0.25) is 4.79 Å². The molecule has 2 aromatic heterocycles. The van der Waals surface area contributed by atoms with Crippen LogP contribution in [0.5, 0.6) is 0 Å². The topological polar surface area (TPSA) is 126 Å². The van der Waals surface area contributed by atoms with Crippen LogP contribution in [0.15, 0.2) is 16.2 Å². The molecule has 0 spiro atoms. The van der Waals surface area contributed by atoms with Crippen LogP contribution < -0.4 is 5.32 Å². The number of carbonyl (C=O) groups is 2. The van der Waals surface area contributed by atoms with E-state index < -0.39 is 6.16 Å². The smallest absolute Gasteiger partial charge is 0.450 e. The zero-order valence-electron chi connectivity index (χ0n) is 15.9. The van der Waals surface area contributed by atoms with E-state index >= 15 is 0 Å². The Labute approximate surface area is 171 Å². The molecule has 2 heterocycles. The van der Waals surface area contributed by atoms with Crippen molar-refractivity contribution in [1.29, 1.82) is 0 Å². The highest BCUT2D eigenvalue weighted by Gasteiger charge is 2.32. The number of allylic oxidation sites excluding steroid dienone is 1. The van der Waals surface area contributed by atoms with Crippen molar-refractivity contribution in [2.24, 2.45) is 0 Å². The van der Waals surface area contributed by atoms with Crippen LogP contribution in [0, 0.1) is 0 Å². The summed E-state index contributed by atoms with van der Waals surface area (Å²) in [6, 6.07) is 0. The normalized spacial score (nSPS) is 17.7. The number of aromatic nitrogens is 2. The first-order valence-electron chi connectivity index (χ1n) is 9.93. The second kappa shape index (κ2) is 8.36. The Morgan fingerprint density at radius 2 is 1.93 bits per heavy atom. The zero-order chi connectivity index (χ0) is 20.4. The third-order valence-corrected chi connectivity index (χ3v) is 6.54. The van der Waals surface area contributed by atoms with Gasteiger partial charge in [0.15, 0.2) is 5.82 Å². The van der Waals surface area contributed by atoms with Crippen LogP contribution in [0.2, 0.25) is 0 Å². The molecule has 1 saturated carbocycles. The van der Waals surface area contributed by atoms with Crippen molar-refractivity contribution in [2.75, 3.05) is 5.32 Å². The molecule has 9 heteroatoms. The lowest BCUT2D eigenvalue weighted by molar-refractivity contribution is -0.113. The van der Waals surface area contributed by atoms with Gasteiger partial charge in [-0.2, -0.15) is 4.98 Å². The van der Waals surface area contributed by atoms with Crippen LogP contribution in [-0.4, -0.2) is 32.4 Å². The summed E-state index contributed by atoms with van der Waals surface area (Å²) in [5, 5.41) is 22.1. The number of hydrogen-bond acceptors (Lipinski definition) is 6. The molecule has 2 aromatic rings. The molecule has 0 radical (unpaired) electrons. The third-order valence-electron chi connectivity index (χ3n) is 5.33. The number of hydrogen-bond donors (Lipinski definition) is 3. The van der Waals surface area contributed by atoms with Crippen molar-refractivity contribution in [3.63, 3.8) is 0 Å². The van der Waals surface area contributed by atoms with E-state index in [4.69, 9.17) is 19.5 Å². The molecule has 154 valence electrons. The van der Waals surface area contributed by atoms with E-state index in [-0.39, 0.29) is 5.91 Å². The summed E-state index contributed by atoms with van der Waals surface area (Å²) < 4.78 is 5.58. The van der Waals surface area contributed by atoms with Gasteiger partial charge in [0, 0.05) is 16.4 Å². The fourth-order valence-corrected chi connectivity index (χ4v) is 5.07. The number of carbonyl (C=O) groups excluding carboxylic acids is 1. The Morgan fingerprint density at radius 1 is 1.14 bits per heavy atom. The van der Waals surface area contributed by atoms with E-state index in [1.165, 1.54) is 16.9 Å². The van der Waals surface area contributed by atoms with Crippen LogP contribution in [0.3, 0.4) is 0 Å². The lowest BCUT2D eigenvalue weighted by atomic mass is 9.99. The lowest BCUT2D eigenvalue weighted by Crippen LogP contribution is -2.15. The van der Waals surface area contributed by atoms with Gasteiger partial charge in [-0.25, -0.2) is 4.79 Å². The number of amides is 1. The monoisotopic (exact) mass is 417 g/mol. The van der Waals surface area contributed by atoms with Crippen LogP contribution in [-0.2, 0) is 17.6 Å². The van der Waals surface area contributed by atoms with E-state index in [1.807, 2.05) is 0 Å². The molecule has 29 heavy (non-hydrogen) atoms. The molecule has 0 atom stereocenters. The maximum Gasteiger partial charge on any atom is 0.503 e. The minimum absolute atomic E-state index is 0.0304. The van der Waals surface area contributed by atoms with Crippen LogP contribution in [0.1, 0.15) is 67.1 Å². The van der Waals surface area contributed by atoms with Gasteiger partial charge in [0.05, 0.1) is 5.56 Å². The fourth-order valence-electron chi connectivity index (χ4n) is 3.79. The summed E-state index contributed by atoms with van der Waals surface area (Å²) in [5.41, 5.74) is 3.18. The average molecular weight is 417 g/mol. The molecular formula is C20H23N3O5S. The number of aryl methyl sites for hydroxylation is 1. The molecule has 1 amide bonds. The van der Waals surface area contributed by atoms with Gasteiger partial charge in [-0.05, 0) is 63.4 Å². The Bertz CT molecular complexity index is 953. The highest BCUT2D eigenvalue weighted by atomic mass is 32.1. The predicted molar refractivity (Wildman–Crippen MR) is 107 cm³/mol. The van der Waals surface area contributed by atoms with Gasteiger partial charge in [0.25, 0.3) is 11.8 Å². The van der Waals surface area contributed by atoms with Crippen LogP contribution >= 0.6 is 11.3 Å². The van der Waals surface area contributed by atoms with Gasteiger partial charge in [-0.1, -0.05) is 11.2 Å². The van der Waals surface area contributed by atoms with Crippen molar-refractivity contribution in [3.8, 4) is 11.5 Å². The number of thiophene rings is 1. The maximum atomic E-state index is 12.7. The van der Waals surface area contributed by atoms with Crippen molar-refractivity contribution < 1.29 is 24.3 Å². The molecule has 3 aliphatic carbocycles. The first-order valence-corrected chi connectivity index (χ1v) is 10.8. The fraction of sp³-hybridized carbons (Fsp3) is 0.500. The number of carboxylic acid groups (broad SMARTS) is 2. The minimum atomic E-state index is -1.83. The number of nitrogens with zero attached hydrogens (tertiary/aromatic N) is 2. The number of nitrogens with one attached hydrogen (secondary N) is 1. The van der Waals surface area contributed by atoms with E-state index in [2.05, 4.69) is 21.5 Å². The minimum Gasteiger partial charge on any atom is -0.450 e. The molecule has 0 unspecified atom stereocenters. The van der Waals surface area contributed by atoms with Gasteiger partial charge < -0.3 is 20.1 Å². The van der Waals surface area contributed by atoms with E-state index in [0.717, 1.165) is 73.3 Å². The van der Waals surface area contributed by atoms with Gasteiger partial charge >= 0.3 is 6.16 Å². The molecule has 0 bridgehead atoms. The summed E-state index contributed by atoms with van der Waals surface area (Å²) in [7, 11) is 0. The average Bonchev–Trinajstić information content (AvgIpc) is 3.10. The molecule has 3 aliphatic rings. The molecule has 3 N–H and O–H groups in total. The highest BCUT2D eigenvalue weighted by molar-refractivity contribution is 7.17. The second-order valence-corrected chi connectivity index (χ2v) is 8.61. The second-order valence-electron chi connectivity index (χ2n) is 7.51. The maximum absolute atomic E-state index is 12.7. The summed E-state index contributed by atoms with van der Waals surface area (Å²) in [6.45, 7) is 0. The van der Waals surface area contributed by atoms with Crippen LogP contribution in [0.25, 0.3) is 11.5 Å². The van der Waals surface area contributed by atoms with E-state index in [0.29, 0.717) is 11.8 Å². The Hall–Kier alpha value is -2.68. The molecule has 1 fully saturated rings. The predicted octanol–water partition coefficient (Wildman–Crippen LogP) is 4.83. The summed E-state index contributed by atoms with van der Waals surface area (Å²) in [5.74, 6) is 1.90. The Kier molecular flexibility index (Phi) is 5.66. The first-order chi connectivity index (χ1) is 14.0. The van der Waals surface area contributed by atoms with Gasteiger partial charge in [-0.15, -0.1) is 11.3 Å². The van der Waals surface area contributed by atoms with Crippen LogP contribution in [0.4, 0.5) is 9.80 Å². The zero-order valence-corrected chi connectivity index (χ0v) is 16.8. The number of rotatable bonds is 4. The molecule has 5 rings (SSSR count). The highest BCUT2D eigenvalue weighted by Crippen LogP contribution is 2.46. The first kappa shape index (κ1) is 19.6. The number of anilines is 1. The van der Waals surface area contributed by atoms with Gasteiger partial charge in [0.1, 0.15) is 5.00 Å². The van der Waals surface area contributed by atoms with Crippen molar-refractivity contribution >= 4 is 28.4 Å². The quantitative estimate of drug-likeness (QED) is 0.651. The summed E-state index contributed by atoms with van der Waals surface area (Å²) >= 11 is 1.68. The standard InChI is InChI=1S/C19H21N3O2S.CH2O3/c23-17(12-5-2-1-3-6-12)21-19-15(13-7-4-8-14(13)25-19)18-20-16(22-24-18)11-9-10-11;2-1(3)4/h5,11H,1-4,6-10H2,(H,21,23);(H2,2,3,4). The summed E-state index contributed by atoms with van der Waals surface area (Å²) in [4.78, 5) is 27.2. The number of fused-ring (bicyclic) bond motifs is 1. The van der Waals surface area contributed by atoms with Crippen molar-refractivity contribution in [3.05, 3.63) is 27.9 Å². The van der Waals surface area contributed by atoms with E-state index in [1.54, 1.807) is 11.3 Å². The SMILES string of the molecule is O=C(Nc1sc2c(c1-c1nc(C3CC3)no1)CCC2)C1=CCCCC1.O=C(O)O. The lowest BCUT2D eigenvalue weighted by Gasteiger charge is -2.12. The largest absolute Gasteiger partial charge is 0.503 e. The molecule has 0 aliphatic heterocycles. The Balaban J connectivity index is 0.000000472. The van der Waals surface area contributed by atoms with E-state index in [9.17, 15) is 4.79 Å².